The maximum Gasteiger partial charge on any atom is 0.174 e. The molecule has 0 unspecified atom stereocenters. The molecule has 1 fully saturated rings. The van der Waals surface area contributed by atoms with Crippen molar-refractivity contribution in [2.75, 3.05) is 4.90 Å². The van der Waals surface area contributed by atoms with Gasteiger partial charge in [-0.2, -0.15) is 0 Å². The Balaban J connectivity index is 1.70. The summed E-state index contributed by atoms with van der Waals surface area (Å²) in [5, 5.41) is 4.20. The highest BCUT2D eigenvalue weighted by Gasteiger charge is 2.42. The average molecular weight is 490 g/mol. The molecular weight excluding hydrogens is 470 g/mol. The number of nitrogens with zero attached hydrogens (tertiary/aromatic N) is 4. The molecule has 1 aliphatic heterocycles. The molecule has 7 heteroatoms. The highest BCUT2D eigenvalue weighted by atomic mass is 79.9. The number of pyridine rings is 2. The standard InChI is InChI=1S/C24H20BrN5S/c1-16-7-12-21(29(16)19-5-4-13-26-15-19)23-22(20-6-2-3-14-27-20)28-24(31)30(23)18-10-8-17(25)9-11-18/h2-15,22-23H,1H3,(H,28,31)/t22-,23-/m1/s1. The van der Waals surface area contributed by atoms with Crippen LogP contribution in [0.3, 0.4) is 0 Å². The van der Waals surface area contributed by atoms with E-state index < -0.39 is 0 Å². The average Bonchev–Trinajstić information content (AvgIpc) is 3.35. The molecule has 5 nitrogen and oxygen atoms in total. The molecule has 31 heavy (non-hydrogen) atoms. The fourth-order valence-electron chi connectivity index (χ4n) is 4.16. The Bertz CT molecular complexity index is 1210. The summed E-state index contributed by atoms with van der Waals surface area (Å²) in [6.45, 7) is 2.11. The molecule has 4 heterocycles. The summed E-state index contributed by atoms with van der Waals surface area (Å²) < 4.78 is 3.27. The third-order valence-corrected chi connectivity index (χ3v) is 6.36. The van der Waals surface area contributed by atoms with Crippen molar-refractivity contribution in [2.24, 2.45) is 0 Å². The van der Waals surface area contributed by atoms with Crippen molar-refractivity contribution in [3.63, 3.8) is 0 Å². The van der Waals surface area contributed by atoms with E-state index in [2.05, 4.69) is 77.9 Å². The largest absolute Gasteiger partial charge is 0.351 e. The second-order valence-electron chi connectivity index (χ2n) is 7.42. The van der Waals surface area contributed by atoms with Crippen LogP contribution in [0.2, 0.25) is 0 Å². The zero-order chi connectivity index (χ0) is 21.4. The van der Waals surface area contributed by atoms with E-state index in [9.17, 15) is 0 Å². The third kappa shape index (κ3) is 3.64. The number of aromatic nitrogens is 3. The van der Waals surface area contributed by atoms with Crippen LogP contribution in [0.5, 0.6) is 0 Å². The van der Waals surface area contributed by atoms with Crippen molar-refractivity contribution in [3.05, 3.63) is 107 Å². The Hall–Kier alpha value is -3.03. The first kappa shape index (κ1) is 19.9. The van der Waals surface area contributed by atoms with Gasteiger partial charge >= 0.3 is 0 Å². The van der Waals surface area contributed by atoms with Crippen molar-refractivity contribution in [2.45, 2.75) is 19.0 Å². The zero-order valence-electron chi connectivity index (χ0n) is 16.8. The van der Waals surface area contributed by atoms with Gasteiger partial charge in [-0.05, 0) is 79.8 Å². The maximum absolute atomic E-state index is 5.83. The van der Waals surface area contributed by atoms with Gasteiger partial charge in [0.25, 0.3) is 0 Å². The number of nitrogens with one attached hydrogen (secondary N) is 1. The molecule has 0 amide bonds. The highest BCUT2D eigenvalue weighted by Crippen LogP contribution is 2.42. The third-order valence-electron chi connectivity index (χ3n) is 5.52. The van der Waals surface area contributed by atoms with Gasteiger partial charge in [-0.1, -0.05) is 22.0 Å². The number of benzene rings is 1. The molecule has 0 saturated carbocycles. The van der Waals surface area contributed by atoms with Crippen molar-refractivity contribution < 1.29 is 0 Å². The molecule has 0 spiro atoms. The number of hydrogen-bond donors (Lipinski definition) is 1. The van der Waals surface area contributed by atoms with Crippen LogP contribution in [0.15, 0.2) is 89.8 Å². The molecule has 3 aromatic heterocycles. The summed E-state index contributed by atoms with van der Waals surface area (Å²) in [5.74, 6) is 0. The van der Waals surface area contributed by atoms with Crippen LogP contribution < -0.4 is 10.2 Å². The van der Waals surface area contributed by atoms with Crippen molar-refractivity contribution >= 4 is 38.9 Å². The van der Waals surface area contributed by atoms with E-state index in [0.717, 1.165) is 32.9 Å². The van der Waals surface area contributed by atoms with E-state index >= 15 is 0 Å². The summed E-state index contributed by atoms with van der Waals surface area (Å²) in [7, 11) is 0. The van der Waals surface area contributed by atoms with Crippen LogP contribution in [0.4, 0.5) is 5.69 Å². The maximum atomic E-state index is 5.83. The van der Waals surface area contributed by atoms with Gasteiger partial charge in [0.2, 0.25) is 0 Å². The second kappa shape index (κ2) is 8.24. The number of thiocarbonyl (C=S) groups is 1. The minimum atomic E-state index is -0.0953. The topological polar surface area (TPSA) is 46.0 Å². The van der Waals surface area contributed by atoms with E-state index in [1.165, 1.54) is 0 Å². The van der Waals surface area contributed by atoms with Crippen LogP contribution >= 0.6 is 28.1 Å². The van der Waals surface area contributed by atoms with Crippen LogP contribution in [0.25, 0.3) is 5.69 Å². The normalized spacial score (nSPS) is 18.3. The summed E-state index contributed by atoms with van der Waals surface area (Å²) in [5.41, 5.74) is 5.26. The van der Waals surface area contributed by atoms with Crippen molar-refractivity contribution in [1.82, 2.24) is 19.9 Å². The van der Waals surface area contributed by atoms with Gasteiger partial charge in [0.15, 0.2) is 5.11 Å². The zero-order valence-corrected chi connectivity index (χ0v) is 19.2. The Morgan fingerprint density at radius 1 is 0.935 bits per heavy atom. The Morgan fingerprint density at radius 2 is 1.77 bits per heavy atom. The van der Waals surface area contributed by atoms with Gasteiger partial charge in [-0.15, -0.1) is 0 Å². The number of halogens is 1. The number of aryl methyl sites for hydroxylation is 1. The van der Waals surface area contributed by atoms with Gasteiger partial charge in [0.1, 0.15) is 6.04 Å². The molecule has 4 aromatic rings. The Morgan fingerprint density at radius 3 is 2.48 bits per heavy atom. The molecule has 5 rings (SSSR count). The molecule has 1 aliphatic rings. The monoisotopic (exact) mass is 489 g/mol. The van der Waals surface area contributed by atoms with Crippen molar-refractivity contribution in [3.8, 4) is 5.69 Å². The summed E-state index contributed by atoms with van der Waals surface area (Å²) in [6, 6.07) is 22.4. The lowest BCUT2D eigenvalue weighted by atomic mass is 10.0. The summed E-state index contributed by atoms with van der Waals surface area (Å²) in [4.78, 5) is 11.2. The van der Waals surface area contributed by atoms with Gasteiger partial charge < -0.3 is 14.8 Å². The van der Waals surface area contributed by atoms with Crippen LogP contribution in [0, 0.1) is 6.92 Å². The molecule has 1 N–H and O–H groups in total. The van der Waals surface area contributed by atoms with E-state index in [1.807, 2.05) is 48.8 Å². The van der Waals surface area contributed by atoms with Crippen molar-refractivity contribution in [1.29, 1.82) is 0 Å². The molecule has 0 aliphatic carbocycles. The van der Waals surface area contributed by atoms with E-state index in [4.69, 9.17) is 12.2 Å². The smallest absolute Gasteiger partial charge is 0.174 e. The fraction of sp³-hybridized carbons (Fsp3) is 0.125. The fourth-order valence-corrected chi connectivity index (χ4v) is 4.77. The first-order valence-electron chi connectivity index (χ1n) is 9.98. The molecule has 1 saturated heterocycles. The lowest BCUT2D eigenvalue weighted by molar-refractivity contribution is 0.548. The molecule has 0 radical (unpaired) electrons. The minimum Gasteiger partial charge on any atom is -0.351 e. The van der Waals surface area contributed by atoms with E-state index in [0.29, 0.717) is 5.11 Å². The van der Waals surface area contributed by atoms with Gasteiger partial charge in [-0.3, -0.25) is 9.97 Å². The quantitative estimate of drug-likeness (QED) is 0.382. The number of hydrogen-bond acceptors (Lipinski definition) is 3. The minimum absolute atomic E-state index is 0.0857. The first-order chi connectivity index (χ1) is 15.1. The molecular formula is C24H20BrN5S. The number of rotatable bonds is 4. The second-order valence-corrected chi connectivity index (χ2v) is 8.72. The Labute approximate surface area is 194 Å². The molecule has 2 atom stereocenters. The lowest BCUT2D eigenvalue weighted by Gasteiger charge is -2.29. The SMILES string of the molecule is Cc1ccc([C@@H]2[C@@H](c3ccccn3)NC(=S)N2c2ccc(Br)cc2)n1-c1cccnc1. The predicted molar refractivity (Wildman–Crippen MR) is 130 cm³/mol. The first-order valence-corrected chi connectivity index (χ1v) is 11.2. The van der Waals surface area contributed by atoms with Gasteiger partial charge in [-0.25, -0.2) is 0 Å². The van der Waals surface area contributed by atoms with Gasteiger partial charge in [0, 0.05) is 33.9 Å². The lowest BCUT2D eigenvalue weighted by Crippen LogP contribution is -2.30. The number of anilines is 1. The van der Waals surface area contributed by atoms with Crippen LogP contribution in [-0.4, -0.2) is 19.6 Å². The molecule has 0 bridgehead atoms. The molecule has 1 aromatic carbocycles. The van der Waals surface area contributed by atoms with E-state index in [1.54, 1.807) is 6.20 Å². The van der Waals surface area contributed by atoms with E-state index in [-0.39, 0.29) is 12.1 Å². The summed E-state index contributed by atoms with van der Waals surface area (Å²) >= 11 is 9.37. The predicted octanol–water partition coefficient (Wildman–Crippen LogP) is 5.52. The van der Waals surface area contributed by atoms with Crippen LogP contribution in [0.1, 0.15) is 29.2 Å². The Kier molecular flexibility index (Phi) is 5.29. The molecule has 154 valence electrons. The van der Waals surface area contributed by atoms with Gasteiger partial charge in [0.05, 0.1) is 23.6 Å². The summed E-state index contributed by atoms with van der Waals surface area (Å²) in [6.07, 6.45) is 5.50. The van der Waals surface area contributed by atoms with Crippen LogP contribution in [-0.2, 0) is 0 Å². The highest BCUT2D eigenvalue weighted by molar-refractivity contribution is 9.10.